The van der Waals surface area contributed by atoms with Crippen molar-refractivity contribution in [1.29, 1.82) is 5.26 Å². The van der Waals surface area contributed by atoms with Crippen LogP contribution in [0.5, 0.6) is 11.5 Å². The van der Waals surface area contributed by atoms with E-state index in [1.165, 1.54) is 0 Å². The van der Waals surface area contributed by atoms with Crippen molar-refractivity contribution < 1.29 is 9.47 Å². The Bertz CT molecular complexity index is 636. The zero-order valence-corrected chi connectivity index (χ0v) is 13.2. The molecule has 21 heavy (non-hydrogen) atoms. The fourth-order valence-electron chi connectivity index (χ4n) is 1.79. The number of nitrogens with one attached hydrogen (secondary N) is 1. The predicted molar refractivity (Wildman–Crippen MR) is 85.6 cm³/mol. The molecule has 0 aliphatic carbocycles. The lowest BCUT2D eigenvalue weighted by atomic mass is 10.2. The van der Waals surface area contributed by atoms with Crippen LogP contribution in [0.15, 0.2) is 46.9 Å². The van der Waals surface area contributed by atoms with Crippen molar-refractivity contribution in [2.75, 3.05) is 19.0 Å². The van der Waals surface area contributed by atoms with Crippen LogP contribution in [0.25, 0.3) is 0 Å². The first-order valence-corrected chi connectivity index (χ1v) is 7.18. The number of nitrogens with zero attached hydrogens (tertiary/aromatic N) is 1. The van der Waals surface area contributed by atoms with E-state index in [0.29, 0.717) is 12.3 Å². The van der Waals surface area contributed by atoms with Gasteiger partial charge in [0.25, 0.3) is 0 Å². The number of hydrogen-bond donors (Lipinski definition) is 1. The molecular weight excluding hydrogens is 332 g/mol. The minimum atomic E-state index is 0.0658. The van der Waals surface area contributed by atoms with Gasteiger partial charge >= 0.3 is 0 Å². The quantitative estimate of drug-likeness (QED) is 0.859. The molecule has 2 aromatic carbocycles. The van der Waals surface area contributed by atoms with Crippen LogP contribution in [0.1, 0.15) is 5.56 Å². The predicted octanol–water partition coefficient (Wildman–Crippen LogP) is 3.97. The van der Waals surface area contributed by atoms with Crippen LogP contribution in [0.4, 0.5) is 5.69 Å². The number of rotatable bonds is 6. The molecule has 0 fully saturated rings. The summed E-state index contributed by atoms with van der Waals surface area (Å²) in [5.74, 6) is 1.49. The molecular formula is C16H15BrN2O2. The topological polar surface area (TPSA) is 54.3 Å². The third-order valence-corrected chi connectivity index (χ3v) is 3.53. The van der Waals surface area contributed by atoms with Gasteiger partial charge in [0.1, 0.15) is 17.6 Å². The molecule has 0 unspecified atom stereocenters. The highest BCUT2D eigenvalue weighted by Gasteiger charge is 2.02. The Morgan fingerprint density at radius 3 is 2.62 bits per heavy atom. The number of nitriles is 1. The molecule has 0 saturated heterocycles. The minimum Gasteiger partial charge on any atom is -0.495 e. The second-order valence-corrected chi connectivity index (χ2v) is 5.15. The van der Waals surface area contributed by atoms with E-state index >= 15 is 0 Å². The average molecular weight is 347 g/mol. The third kappa shape index (κ3) is 4.40. The lowest BCUT2D eigenvalue weighted by Crippen LogP contribution is -2.00. The van der Waals surface area contributed by atoms with E-state index in [2.05, 4.69) is 21.2 Å². The van der Waals surface area contributed by atoms with Crippen LogP contribution >= 0.6 is 15.9 Å². The first kappa shape index (κ1) is 15.2. The van der Waals surface area contributed by atoms with E-state index in [0.717, 1.165) is 21.5 Å². The van der Waals surface area contributed by atoms with Crippen LogP contribution in [-0.2, 0) is 6.54 Å². The Kier molecular flexibility index (Phi) is 5.47. The van der Waals surface area contributed by atoms with Gasteiger partial charge in [-0.05, 0) is 45.8 Å². The van der Waals surface area contributed by atoms with E-state index in [4.69, 9.17) is 14.7 Å². The van der Waals surface area contributed by atoms with E-state index in [9.17, 15) is 0 Å². The Balaban J connectivity index is 1.95. The van der Waals surface area contributed by atoms with Gasteiger partial charge in [0.2, 0.25) is 0 Å². The third-order valence-electron chi connectivity index (χ3n) is 2.87. The summed E-state index contributed by atoms with van der Waals surface area (Å²) in [7, 11) is 1.64. The highest BCUT2D eigenvalue weighted by Crippen LogP contribution is 2.28. The van der Waals surface area contributed by atoms with E-state index in [-0.39, 0.29) is 6.61 Å². The van der Waals surface area contributed by atoms with Crippen LogP contribution in [0.3, 0.4) is 0 Å². The molecule has 0 amide bonds. The molecule has 0 saturated carbocycles. The average Bonchev–Trinajstić information content (AvgIpc) is 2.53. The van der Waals surface area contributed by atoms with Gasteiger partial charge in [-0.15, -0.1) is 0 Å². The summed E-state index contributed by atoms with van der Waals surface area (Å²) in [6, 6.07) is 15.5. The molecule has 0 radical (unpaired) electrons. The zero-order chi connectivity index (χ0) is 15.1. The van der Waals surface area contributed by atoms with Crippen molar-refractivity contribution in [2.45, 2.75) is 6.54 Å². The van der Waals surface area contributed by atoms with Crippen LogP contribution in [0.2, 0.25) is 0 Å². The molecule has 1 N–H and O–H groups in total. The highest BCUT2D eigenvalue weighted by atomic mass is 79.9. The second-order valence-electron chi connectivity index (χ2n) is 4.29. The van der Waals surface area contributed by atoms with E-state index in [1.807, 2.05) is 48.5 Å². The van der Waals surface area contributed by atoms with E-state index < -0.39 is 0 Å². The largest absolute Gasteiger partial charge is 0.495 e. The maximum absolute atomic E-state index is 8.46. The lowest BCUT2D eigenvalue weighted by molar-refractivity contribution is 0.368. The molecule has 0 spiro atoms. The Morgan fingerprint density at radius 2 is 1.95 bits per heavy atom. The molecule has 0 heterocycles. The fraction of sp³-hybridized carbons (Fsp3) is 0.188. The van der Waals surface area contributed by atoms with Crippen molar-refractivity contribution in [3.63, 3.8) is 0 Å². The molecule has 0 bridgehead atoms. The van der Waals surface area contributed by atoms with Gasteiger partial charge in [0.05, 0.1) is 11.6 Å². The zero-order valence-electron chi connectivity index (χ0n) is 11.6. The van der Waals surface area contributed by atoms with Crippen molar-refractivity contribution in [1.82, 2.24) is 0 Å². The number of ether oxygens (including phenoxy) is 2. The number of anilines is 1. The van der Waals surface area contributed by atoms with Crippen molar-refractivity contribution >= 4 is 21.6 Å². The van der Waals surface area contributed by atoms with Gasteiger partial charge in [-0.1, -0.05) is 12.1 Å². The molecule has 108 valence electrons. The van der Waals surface area contributed by atoms with Crippen molar-refractivity contribution in [3.05, 3.63) is 52.5 Å². The normalized spacial score (nSPS) is 9.76. The van der Waals surface area contributed by atoms with Crippen LogP contribution < -0.4 is 14.8 Å². The van der Waals surface area contributed by atoms with Crippen LogP contribution in [0, 0.1) is 11.3 Å². The maximum atomic E-state index is 8.46. The maximum Gasteiger partial charge on any atom is 0.174 e. The summed E-state index contributed by atoms with van der Waals surface area (Å²) in [6.07, 6.45) is 0. The van der Waals surface area contributed by atoms with E-state index in [1.54, 1.807) is 7.11 Å². The Hall–Kier alpha value is -2.19. The van der Waals surface area contributed by atoms with Gasteiger partial charge in [-0.3, -0.25) is 0 Å². The SMILES string of the molecule is COc1cc(NCc2ccc(OCC#N)cc2)ccc1Br. The molecule has 5 heteroatoms. The van der Waals surface area contributed by atoms with Crippen LogP contribution in [-0.4, -0.2) is 13.7 Å². The fourth-order valence-corrected chi connectivity index (χ4v) is 2.20. The number of halogens is 1. The number of methoxy groups -OCH3 is 1. The Morgan fingerprint density at radius 1 is 1.19 bits per heavy atom. The highest BCUT2D eigenvalue weighted by molar-refractivity contribution is 9.10. The summed E-state index contributed by atoms with van der Waals surface area (Å²) in [4.78, 5) is 0. The first-order valence-electron chi connectivity index (χ1n) is 6.39. The summed E-state index contributed by atoms with van der Waals surface area (Å²) < 4.78 is 11.4. The smallest absolute Gasteiger partial charge is 0.174 e. The number of hydrogen-bond acceptors (Lipinski definition) is 4. The molecule has 0 aliphatic heterocycles. The monoisotopic (exact) mass is 346 g/mol. The number of benzene rings is 2. The molecule has 2 aromatic rings. The molecule has 2 rings (SSSR count). The molecule has 4 nitrogen and oxygen atoms in total. The second kappa shape index (κ2) is 7.55. The Labute approximate surface area is 132 Å². The summed E-state index contributed by atoms with van der Waals surface area (Å²) in [6.45, 7) is 0.763. The lowest BCUT2D eigenvalue weighted by Gasteiger charge is -2.10. The summed E-state index contributed by atoms with van der Waals surface area (Å²) in [5.41, 5.74) is 2.11. The molecule has 0 atom stereocenters. The van der Waals surface area contributed by atoms with Crippen molar-refractivity contribution in [2.24, 2.45) is 0 Å². The molecule has 0 aromatic heterocycles. The van der Waals surface area contributed by atoms with Gasteiger partial charge in [-0.25, -0.2) is 0 Å². The van der Waals surface area contributed by atoms with Gasteiger partial charge in [0.15, 0.2) is 6.61 Å². The summed E-state index contributed by atoms with van der Waals surface area (Å²) >= 11 is 3.43. The first-order chi connectivity index (χ1) is 10.2. The minimum absolute atomic E-state index is 0.0658. The molecule has 0 aliphatic rings. The van der Waals surface area contributed by atoms with Gasteiger partial charge < -0.3 is 14.8 Å². The van der Waals surface area contributed by atoms with Gasteiger partial charge in [0, 0.05) is 18.3 Å². The van der Waals surface area contributed by atoms with Crippen molar-refractivity contribution in [3.8, 4) is 17.6 Å². The summed E-state index contributed by atoms with van der Waals surface area (Å²) in [5, 5.41) is 11.8. The van der Waals surface area contributed by atoms with Gasteiger partial charge in [-0.2, -0.15) is 5.26 Å². The standard InChI is InChI=1S/C16H15BrN2O2/c1-20-16-10-13(4-7-15(16)17)19-11-12-2-5-14(6-3-12)21-9-8-18/h2-7,10,19H,9,11H2,1H3.